The number of nitrogens with zero attached hydrogens (tertiary/aromatic N) is 2. The third kappa shape index (κ3) is 2.36. The van der Waals surface area contributed by atoms with Gasteiger partial charge in [0.1, 0.15) is 5.75 Å². The van der Waals surface area contributed by atoms with Crippen molar-refractivity contribution in [2.45, 2.75) is 25.3 Å². The lowest BCUT2D eigenvalue weighted by atomic mass is 10.1. The van der Waals surface area contributed by atoms with E-state index < -0.39 is 0 Å². The number of rotatable bonds is 5. The molecule has 1 N–H and O–H groups in total. The Morgan fingerprint density at radius 3 is 2.95 bits per heavy atom. The van der Waals surface area contributed by atoms with Crippen LogP contribution in [0.5, 0.6) is 5.75 Å². The fourth-order valence-corrected chi connectivity index (χ4v) is 2.46. The Morgan fingerprint density at radius 2 is 2.26 bits per heavy atom. The van der Waals surface area contributed by atoms with E-state index in [1.165, 1.54) is 24.1 Å². The zero-order valence-electron chi connectivity index (χ0n) is 11.4. The predicted octanol–water partition coefficient (Wildman–Crippen LogP) is 2.48. The Balaban J connectivity index is 2.03. The molecule has 1 aliphatic rings. The van der Waals surface area contributed by atoms with Gasteiger partial charge >= 0.3 is 0 Å². The van der Waals surface area contributed by atoms with E-state index in [0.717, 1.165) is 18.0 Å². The van der Waals surface area contributed by atoms with Crippen LogP contribution in [0, 0.1) is 0 Å². The van der Waals surface area contributed by atoms with Crippen LogP contribution in [0.2, 0.25) is 0 Å². The standard InChI is InChI=1S/C15H19N3O/c1-16-9-12-10-17-18(15(12)11-6-7-11)13-4-3-5-14(8-13)19-2/h3-5,8,10-11,16H,6-7,9H2,1-2H3. The molecule has 4 nitrogen and oxygen atoms in total. The van der Waals surface area contributed by atoms with Crippen LogP contribution < -0.4 is 10.1 Å². The van der Waals surface area contributed by atoms with E-state index in [4.69, 9.17) is 4.74 Å². The van der Waals surface area contributed by atoms with Crippen molar-refractivity contribution in [3.8, 4) is 11.4 Å². The van der Waals surface area contributed by atoms with E-state index in [1.54, 1.807) is 7.11 Å². The maximum absolute atomic E-state index is 5.29. The summed E-state index contributed by atoms with van der Waals surface area (Å²) in [6.45, 7) is 0.871. The van der Waals surface area contributed by atoms with Crippen LogP contribution in [0.1, 0.15) is 30.0 Å². The highest BCUT2D eigenvalue weighted by Crippen LogP contribution is 2.42. The zero-order valence-corrected chi connectivity index (χ0v) is 11.4. The average Bonchev–Trinajstić information content (AvgIpc) is 3.20. The molecule has 0 atom stereocenters. The van der Waals surface area contributed by atoms with Gasteiger partial charge in [0, 0.05) is 24.1 Å². The first-order chi connectivity index (χ1) is 9.33. The van der Waals surface area contributed by atoms with E-state index >= 15 is 0 Å². The number of aromatic nitrogens is 2. The minimum absolute atomic E-state index is 0.664. The molecule has 1 aromatic carbocycles. The molecule has 1 saturated carbocycles. The number of hydrogen-bond acceptors (Lipinski definition) is 3. The van der Waals surface area contributed by atoms with E-state index in [1.807, 2.05) is 31.4 Å². The van der Waals surface area contributed by atoms with E-state index in [0.29, 0.717) is 5.92 Å². The predicted molar refractivity (Wildman–Crippen MR) is 74.9 cm³/mol. The number of hydrogen-bond donors (Lipinski definition) is 1. The second-order valence-corrected chi connectivity index (χ2v) is 4.97. The second-order valence-electron chi connectivity index (χ2n) is 4.97. The molecular formula is C15H19N3O. The van der Waals surface area contributed by atoms with Gasteiger partial charge in [-0.2, -0.15) is 5.10 Å². The van der Waals surface area contributed by atoms with Crippen molar-refractivity contribution in [2.75, 3.05) is 14.2 Å². The molecule has 1 aromatic heterocycles. The third-order valence-electron chi connectivity index (χ3n) is 3.52. The zero-order chi connectivity index (χ0) is 13.2. The highest BCUT2D eigenvalue weighted by molar-refractivity contribution is 5.42. The van der Waals surface area contributed by atoms with Crippen molar-refractivity contribution >= 4 is 0 Å². The van der Waals surface area contributed by atoms with Gasteiger partial charge in [0.05, 0.1) is 24.7 Å². The van der Waals surface area contributed by atoms with Gasteiger partial charge in [-0.05, 0) is 32.0 Å². The van der Waals surface area contributed by atoms with Crippen LogP contribution in [0.15, 0.2) is 30.5 Å². The number of nitrogens with one attached hydrogen (secondary N) is 1. The van der Waals surface area contributed by atoms with Crippen molar-refractivity contribution in [2.24, 2.45) is 0 Å². The molecular weight excluding hydrogens is 238 g/mol. The normalized spacial score (nSPS) is 14.6. The van der Waals surface area contributed by atoms with Crippen LogP contribution >= 0.6 is 0 Å². The van der Waals surface area contributed by atoms with Crippen molar-refractivity contribution in [3.05, 3.63) is 41.7 Å². The summed E-state index contributed by atoms with van der Waals surface area (Å²) in [5, 5.41) is 7.78. The molecule has 0 saturated heterocycles. The van der Waals surface area contributed by atoms with Crippen LogP contribution in [-0.4, -0.2) is 23.9 Å². The fourth-order valence-electron chi connectivity index (χ4n) is 2.46. The molecule has 4 heteroatoms. The van der Waals surface area contributed by atoms with Crippen molar-refractivity contribution in [1.82, 2.24) is 15.1 Å². The first-order valence-corrected chi connectivity index (χ1v) is 6.69. The Labute approximate surface area is 113 Å². The first kappa shape index (κ1) is 12.2. The molecule has 0 unspecified atom stereocenters. The van der Waals surface area contributed by atoms with Crippen LogP contribution in [-0.2, 0) is 6.54 Å². The molecule has 1 fully saturated rings. The lowest BCUT2D eigenvalue weighted by Crippen LogP contribution is -2.08. The van der Waals surface area contributed by atoms with Crippen LogP contribution in [0.4, 0.5) is 0 Å². The number of methoxy groups -OCH3 is 1. The minimum Gasteiger partial charge on any atom is -0.497 e. The Kier molecular flexibility index (Phi) is 3.25. The van der Waals surface area contributed by atoms with Crippen LogP contribution in [0.3, 0.4) is 0 Å². The topological polar surface area (TPSA) is 39.1 Å². The summed E-state index contributed by atoms with van der Waals surface area (Å²) in [7, 11) is 3.66. The third-order valence-corrected chi connectivity index (χ3v) is 3.52. The van der Waals surface area contributed by atoms with Crippen LogP contribution in [0.25, 0.3) is 5.69 Å². The molecule has 100 valence electrons. The molecule has 0 bridgehead atoms. The first-order valence-electron chi connectivity index (χ1n) is 6.69. The van der Waals surface area contributed by atoms with Gasteiger partial charge in [0.25, 0.3) is 0 Å². The summed E-state index contributed by atoms with van der Waals surface area (Å²) in [6, 6.07) is 8.06. The molecule has 0 amide bonds. The Morgan fingerprint density at radius 1 is 1.42 bits per heavy atom. The van der Waals surface area contributed by atoms with Crippen molar-refractivity contribution in [3.63, 3.8) is 0 Å². The maximum atomic E-state index is 5.29. The molecule has 0 radical (unpaired) electrons. The largest absolute Gasteiger partial charge is 0.497 e. The quantitative estimate of drug-likeness (QED) is 0.894. The maximum Gasteiger partial charge on any atom is 0.121 e. The SMILES string of the molecule is CNCc1cnn(-c2cccc(OC)c2)c1C1CC1. The Bertz CT molecular complexity index is 573. The lowest BCUT2D eigenvalue weighted by molar-refractivity contribution is 0.414. The van der Waals surface area contributed by atoms with E-state index in [2.05, 4.69) is 21.2 Å². The van der Waals surface area contributed by atoms with Gasteiger partial charge in [0.2, 0.25) is 0 Å². The molecule has 1 aliphatic carbocycles. The number of benzene rings is 1. The highest BCUT2D eigenvalue weighted by Gasteiger charge is 2.30. The van der Waals surface area contributed by atoms with Crippen molar-refractivity contribution in [1.29, 1.82) is 0 Å². The van der Waals surface area contributed by atoms with Gasteiger partial charge in [-0.25, -0.2) is 4.68 Å². The summed E-state index contributed by atoms with van der Waals surface area (Å²) in [4.78, 5) is 0. The summed E-state index contributed by atoms with van der Waals surface area (Å²) in [5.74, 6) is 1.53. The lowest BCUT2D eigenvalue weighted by Gasteiger charge is -2.10. The highest BCUT2D eigenvalue weighted by atomic mass is 16.5. The molecule has 1 heterocycles. The summed E-state index contributed by atoms with van der Waals surface area (Å²) in [6.07, 6.45) is 4.52. The smallest absolute Gasteiger partial charge is 0.121 e. The second kappa shape index (κ2) is 5.05. The summed E-state index contributed by atoms with van der Waals surface area (Å²) >= 11 is 0. The van der Waals surface area contributed by atoms with Crippen molar-refractivity contribution < 1.29 is 4.74 Å². The minimum atomic E-state index is 0.664. The van der Waals surface area contributed by atoms with Gasteiger partial charge in [0.15, 0.2) is 0 Å². The monoisotopic (exact) mass is 257 g/mol. The number of ether oxygens (including phenoxy) is 1. The molecule has 19 heavy (non-hydrogen) atoms. The molecule has 2 aromatic rings. The van der Waals surface area contributed by atoms with Gasteiger partial charge in [-0.3, -0.25) is 0 Å². The molecule has 3 rings (SSSR count). The summed E-state index contributed by atoms with van der Waals surface area (Å²) in [5.41, 5.74) is 3.72. The van der Waals surface area contributed by atoms with Gasteiger partial charge < -0.3 is 10.1 Å². The van der Waals surface area contributed by atoms with E-state index in [-0.39, 0.29) is 0 Å². The van der Waals surface area contributed by atoms with Gasteiger partial charge in [-0.1, -0.05) is 6.07 Å². The van der Waals surface area contributed by atoms with E-state index in [9.17, 15) is 0 Å². The average molecular weight is 257 g/mol. The Hall–Kier alpha value is -1.81. The molecule has 0 spiro atoms. The van der Waals surface area contributed by atoms with Gasteiger partial charge in [-0.15, -0.1) is 0 Å². The fraction of sp³-hybridized carbons (Fsp3) is 0.400. The summed E-state index contributed by atoms with van der Waals surface area (Å²) < 4.78 is 7.36. The molecule has 0 aliphatic heterocycles.